The van der Waals surface area contributed by atoms with Gasteiger partial charge in [-0.25, -0.2) is 0 Å². The van der Waals surface area contributed by atoms with Crippen LogP contribution in [0.5, 0.6) is 0 Å². The molecule has 1 atom stereocenters. The average molecular weight is 194 g/mol. The SMILES string of the molecule is CCCCCCC1CC=C(C=O)CC1. The Morgan fingerprint density at radius 1 is 1.43 bits per heavy atom. The highest BCUT2D eigenvalue weighted by Crippen LogP contribution is 2.26. The van der Waals surface area contributed by atoms with Crippen LogP contribution in [0.25, 0.3) is 0 Å². The number of rotatable bonds is 6. The third-order valence-electron chi connectivity index (χ3n) is 3.17. The Kier molecular flexibility index (Phi) is 5.58. The fraction of sp³-hybridized carbons (Fsp3) is 0.769. The van der Waals surface area contributed by atoms with Crippen LogP contribution in [-0.2, 0) is 4.79 Å². The largest absolute Gasteiger partial charge is 0.298 e. The molecule has 0 saturated carbocycles. The molecule has 0 fully saturated rings. The average Bonchev–Trinajstić information content (AvgIpc) is 2.25. The minimum absolute atomic E-state index is 0.857. The van der Waals surface area contributed by atoms with Crippen molar-refractivity contribution in [2.45, 2.75) is 58.3 Å². The van der Waals surface area contributed by atoms with Crippen molar-refractivity contribution < 1.29 is 4.79 Å². The molecule has 0 radical (unpaired) electrons. The minimum Gasteiger partial charge on any atom is -0.298 e. The van der Waals surface area contributed by atoms with Gasteiger partial charge in [-0.05, 0) is 30.8 Å². The molecule has 0 N–H and O–H groups in total. The lowest BCUT2D eigenvalue weighted by molar-refractivity contribution is -0.105. The molecule has 1 nitrogen and oxygen atoms in total. The Labute approximate surface area is 87.6 Å². The first-order valence-electron chi connectivity index (χ1n) is 6.01. The zero-order chi connectivity index (χ0) is 10.2. The van der Waals surface area contributed by atoms with Crippen LogP contribution in [0, 0.1) is 5.92 Å². The Hall–Kier alpha value is -0.590. The summed E-state index contributed by atoms with van der Waals surface area (Å²) in [6.07, 6.45) is 13.4. The zero-order valence-electron chi connectivity index (χ0n) is 9.30. The molecule has 0 heterocycles. The maximum Gasteiger partial charge on any atom is 0.145 e. The van der Waals surface area contributed by atoms with E-state index < -0.39 is 0 Å². The molecular weight excluding hydrogens is 172 g/mol. The Morgan fingerprint density at radius 3 is 2.86 bits per heavy atom. The Morgan fingerprint density at radius 2 is 2.29 bits per heavy atom. The second kappa shape index (κ2) is 6.80. The summed E-state index contributed by atoms with van der Waals surface area (Å²) < 4.78 is 0. The second-order valence-corrected chi connectivity index (χ2v) is 4.39. The van der Waals surface area contributed by atoms with E-state index in [2.05, 4.69) is 13.0 Å². The van der Waals surface area contributed by atoms with Crippen LogP contribution in [0.15, 0.2) is 11.6 Å². The number of aldehydes is 1. The number of unbranched alkanes of at least 4 members (excludes halogenated alkanes) is 3. The molecule has 1 aliphatic carbocycles. The summed E-state index contributed by atoms with van der Waals surface area (Å²) in [4.78, 5) is 10.5. The molecule has 1 heteroatoms. The highest BCUT2D eigenvalue weighted by atomic mass is 16.1. The van der Waals surface area contributed by atoms with E-state index in [4.69, 9.17) is 0 Å². The molecule has 0 aliphatic heterocycles. The molecule has 0 spiro atoms. The number of hydrogen-bond acceptors (Lipinski definition) is 1. The first-order chi connectivity index (χ1) is 6.86. The number of carbonyl (C=O) groups is 1. The number of allylic oxidation sites excluding steroid dienone is 2. The van der Waals surface area contributed by atoms with Gasteiger partial charge in [-0.1, -0.05) is 45.1 Å². The maximum atomic E-state index is 10.5. The van der Waals surface area contributed by atoms with Crippen LogP contribution in [0.4, 0.5) is 0 Å². The van der Waals surface area contributed by atoms with Crippen molar-refractivity contribution in [3.05, 3.63) is 11.6 Å². The molecule has 0 aromatic rings. The predicted molar refractivity (Wildman–Crippen MR) is 60.2 cm³/mol. The lowest BCUT2D eigenvalue weighted by Gasteiger charge is -2.19. The van der Waals surface area contributed by atoms with Gasteiger partial charge in [0.1, 0.15) is 6.29 Å². The molecule has 14 heavy (non-hydrogen) atoms. The summed E-state index contributed by atoms with van der Waals surface area (Å²) in [5, 5.41) is 0. The van der Waals surface area contributed by atoms with Gasteiger partial charge in [-0.3, -0.25) is 4.79 Å². The molecule has 0 aromatic heterocycles. The van der Waals surface area contributed by atoms with E-state index in [-0.39, 0.29) is 0 Å². The Bertz CT molecular complexity index is 193. The molecule has 80 valence electrons. The van der Waals surface area contributed by atoms with Gasteiger partial charge in [-0.2, -0.15) is 0 Å². The zero-order valence-corrected chi connectivity index (χ0v) is 9.30. The molecule has 1 aliphatic rings. The van der Waals surface area contributed by atoms with Gasteiger partial charge in [0, 0.05) is 0 Å². The fourth-order valence-electron chi connectivity index (χ4n) is 2.14. The normalized spacial score (nSPS) is 21.8. The van der Waals surface area contributed by atoms with E-state index in [0.717, 1.165) is 30.6 Å². The van der Waals surface area contributed by atoms with E-state index in [9.17, 15) is 4.79 Å². The monoisotopic (exact) mass is 194 g/mol. The van der Waals surface area contributed by atoms with Gasteiger partial charge in [0.2, 0.25) is 0 Å². The van der Waals surface area contributed by atoms with Gasteiger partial charge in [0.05, 0.1) is 0 Å². The van der Waals surface area contributed by atoms with Gasteiger partial charge >= 0.3 is 0 Å². The standard InChI is InChI=1S/C13H22O/c1-2-3-4-5-6-12-7-9-13(11-14)10-8-12/h9,11-12H,2-8,10H2,1H3. The fourth-order valence-corrected chi connectivity index (χ4v) is 2.14. The van der Waals surface area contributed by atoms with Crippen molar-refractivity contribution in [3.63, 3.8) is 0 Å². The van der Waals surface area contributed by atoms with Crippen molar-refractivity contribution in [1.82, 2.24) is 0 Å². The van der Waals surface area contributed by atoms with Crippen LogP contribution in [0.3, 0.4) is 0 Å². The lowest BCUT2D eigenvalue weighted by Crippen LogP contribution is -2.06. The topological polar surface area (TPSA) is 17.1 Å². The highest BCUT2D eigenvalue weighted by Gasteiger charge is 2.13. The van der Waals surface area contributed by atoms with Crippen molar-refractivity contribution in [2.24, 2.45) is 5.92 Å². The summed E-state index contributed by atoms with van der Waals surface area (Å²) >= 11 is 0. The quantitative estimate of drug-likeness (QED) is 0.463. The first-order valence-corrected chi connectivity index (χ1v) is 6.01. The van der Waals surface area contributed by atoms with Crippen LogP contribution >= 0.6 is 0 Å². The highest BCUT2D eigenvalue weighted by molar-refractivity contribution is 5.73. The summed E-state index contributed by atoms with van der Waals surface area (Å²) in [7, 11) is 0. The molecule has 1 unspecified atom stereocenters. The number of hydrogen-bond donors (Lipinski definition) is 0. The molecule has 0 saturated heterocycles. The summed E-state index contributed by atoms with van der Waals surface area (Å²) in [6.45, 7) is 2.25. The summed E-state index contributed by atoms with van der Waals surface area (Å²) in [5.41, 5.74) is 1.02. The maximum absolute atomic E-state index is 10.5. The van der Waals surface area contributed by atoms with E-state index in [1.165, 1.54) is 38.5 Å². The predicted octanol–water partition coefficient (Wildman–Crippen LogP) is 3.88. The van der Waals surface area contributed by atoms with E-state index in [0.29, 0.717) is 0 Å². The third kappa shape index (κ3) is 4.08. The van der Waals surface area contributed by atoms with Crippen LogP contribution < -0.4 is 0 Å². The third-order valence-corrected chi connectivity index (χ3v) is 3.17. The van der Waals surface area contributed by atoms with E-state index in [1.807, 2.05) is 0 Å². The summed E-state index contributed by atoms with van der Waals surface area (Å²) in [5.74, 6) is 0.857. The van der Waals surface area contributed by atoms with Crippen LogP contribution in [0.1, 0.15) is 58.3 Å². The second-order valence-electron chi connectivity index (χ2n) is 4.39. The molecular formula is C13H22O. The molecule has 0 bridgehead atoms. The van der Waals surface area contributed by atoms with Crippen LogP contribution in [0.2, 0.25) is 0 Å². The van der Waals surface area contributed by atoms with E-state index in [1.54, 1.807) is 0 Å². The molecule has 0 aromatic carbocycles. The van der Waals surface area contributed by atoms with Crippen molar-refractivity contribution >= 4 is 6.29 Å². The van der Waals surface area contributed by atoms with E-state index >= 15 is 0 Å². The summed E-state index contributed by atoms with van der Waals surface area (Å²) in [6, 6.07) is 0. The van der Waals surface area contributed by atoms with Crippen molar-refractivity contribution in [1.29, 1.82) is 0 Å². The van der Waals surface area contributed by atoms with Gasteiger partial charge in [0.15, 0.2) is 0 Å². The van der Waals surface area contributed by atoms with Gasteiger partial charge < -0.3 is 0 Å². The minimum atomic E-state index is 0.857. The molecule has 1 rings (SSSR count). The van der Waals surface area contributed by atoms with Gasteiger partial charge in [0.25, 0.3) is 0 Å². The Balaban J connectivity index is 2.10. The molecule has 0 amide bonds. The lowest BCUT2D eigenvalue weighted by atomic mass is 9.86. The first kappa shape index (κ1) is 11.5. The van der Waals surface area contributed by atoms with Crippen molar-refractivity contribution in [2.75, 3.05) is 0 Å². The van der Waals surface area contributed by atoms with Crippen molar-refractivity contribution in [3.8, 4) is 0 Å². The van der Waals surface area contributed by atoms with Gasteiger partial charge in [-0.15, -0.1) is 0 Å². The number of carbonyl (C=O) groups excluding carboxylic acids is 1. The van der Waals surface area contributed by atoms with Crippen LogP contribution in [-0.4, -0.2) is 6.29 Å². The smallest absolute Gasteiger partial charge is 0.145 e.